The molecule has 0 radical (unpaired) electrons. The third-order valence-electron chi connectivity index (χ3n) is 2.26. The first-order chi connectivity index (χ1) is 7.52. The lowest BCUT2D eigenvalue weighted by atomic mass is 10.3. The molecule has 0 aliphatic carbocycles. The molecule has 0 aliphatic rings. The van der Waals surface area contributed by atoms with Gasteiger partial charge in [0.1, 0.15) is 17.2 Å². The molecule has 0 aliphatic heterocycles. The average molecular weight is 244 g/mol. The minimum absolute atomic E-state index is 0.325. The topological polar surface area (TPSA) is 58.3 Å². The summed E-state index contributed by atoms with van der Waals surface area (Å²) < 4.78 is 0. The van der Waals surface area contributed by atoms with Gasteiger partial charge in [0.15, 0.2) is 5.82 Å². The van der Waals surface area contributed by atoms with Gasteiger partial charge in [-0.25, -0.2) is 9.97 Å². The lowest BCUT2D eigenvalue weighted by Gasteiger charge is -2.20. The molecule has 6 heteroatoms. The van der Waals surface area contributed by atoms with Crippen molar-refractivity contribution in [2.75, 3.05) is 44.9 Å². The quantitative estimate of drug-likeness (QED) is 0.839. The molecule has 1 aromatic rings. The Bertz CT molecular complexity index is 342. The van der Waals surface area contributed by atoms with Gasteiger partial charge >= 0.3 is 0 Å². The Morgan fingerprint density at radius 1 is 1.25 bits per heavy atom. The van der Waals surface area contributed by atoms with Crippen LogP contribution in [0.15, 0.2) is 6.33 Å². The summed E-state index contributed by atoms with van der Waals surface area (Å²) in [5.74, 6) is 1.01. The minimum atomic E-state index is 0.325. The molecule has 0 atom stereocenters. The number of aromatic nitrogens is 2. The third kappa shape index (κ3) is 3.50. The van der Waals surface area contributed by atoms with Gasteiger partial charge in [-0.2, -0.15) is 0 Å². The zero-order chi connectivity index (χ0) is 12.1. The van der Waals surface area contributed by atoms with E-state index in [1.54, 1.807) is 0 Å². The highest BCUT2D eigenvalue weighted by molar-refractivity contribution is 6.35. The smallest absolute Gasteiger partial charge is 0.152 e. The Morgan fingerprint density at radius 2 is 1.94 bits per heavy atom. The van der Waals surface area contributed by atoms with Gasteiger partial charge in [-0.1, -0.05) is 11.6 Å². The van der Waals surface area contributed by atoms with Crippen molar-refractivity contribution in [2.45, 2.75) is 6.42 Å². The Hall–Kier alpha value is -1.07. The van der Waals surface area contributed by atoms with Crippen molar-refractivity contribution in [2.24, 2.45) is 0 Å². The van der Waals surface area contributed by atoms with Crippen LogP contribution in [-0.2, 0) is 0 Å². The van der Waals surface area contributed by atoms with E-state index in [1.165, 1.54) is 6.33 Å². The van der Waals surface area contributed by atoms with Crippen molar-refractivity contribution < 1.29 is 0 Å². The zero-order valence-corrected chi connectivity index (χ0v) is 10.7. The molecular formula is C10H18ClN5. The number of anilines is 2. The second kappa shape index (κ2) is 5.86. The number of nitrogens with zero attached hydrogens (tertiary/aromatic N) is 4. The fourth-order valence-corrected chi connectivity index (χ4v) is 1.61. The Labute approximate surface area is 101 Å². The highest BCUT2D eigenvalue weighted by atomic mass is 35.5. The summed E-state index contributed by atoms with van der Waals surface area (Å²) in [5, 5.41) is 0.426. The Morgan fingerprint density at radius 3 is 2.56 bits per heavy atom. The van der Waals surface area contributed by atoms with Gasteiger partial charge < -0.3 is 15.5 Å². The normalized spacial score (nSPS) is 10.8. The number of hydrogen-bond acceptors (Lipinski definition) is 5. The maximum atomic E-state index is 6.03. The molecule has 0 bridgehead atoms. The van der Waals surface area contributed by atoms with E-state index >= 15 is 0 Å². The molecule has 90 valence electrons. The van der Waals surface area contributed by atoms with Crippen LogP contribution in [0.4, 0.5) is 11.6 Å². The SMILES string of the molecule is CN(C)CCCN(C)c1ncnc(N)c1Cl. The Kier molecular flexibility index (Phi) is 4.76. The lowest BCUT2D eigenvalue weighted by Crippen LogP contribution is -2.24. The van der Waals surface area contributed by atoms with E-state index in [1.807, 2.05) is 11.9 Å². The molecule has 1 aromatic heterocycles. The van der Waals surface area contributed by atoms with Gasteiger partial charge in [-0.15, -0.1) is 0 Å². The lowest BCUT2D eigenvalue weighted by molar-refractivity contribution is 0.401. The van der Waals surface area contributed by atoms with Crippen molar-refractivity contribution in [3.05, 3.63) is 11.3 Å². The largest absolute Gasteiger partial charge is 0.382 e. The predicted octanol–water partition coefficient (Wildman–Crippen LogP) is 1.10. The van der Waals surface area contributed by atoms with E-state index in [0.717, 1.165) is 19.5 Å². The summed E-state index contributed by atoms with van der Waals surface area (Å²) in [6.07, 6.45) is 2.47. The van der Waals surface area contributed by atoms with Crippen LogP contribution in [0, 0.1) is 0 Å². The van der Waals surface area contributed by atoms with Crippen LogP contribution in [0.5, 0.6) is 0 Å². The van der Waals surface area contributed by atoms with Crippen LogP contribution >= 0.6 is 11.6 Å². The highest BCUT2D eigenvalue weighted by Crippen LogP contribution is 2.25. The van der Waals surface area contributed by atoms with Crippen LogP contribution in [0.25, 0.3) is 0 Å². The molecule has 0 fully saturated rings. The average Bonchev–Trinajstić information content (AvgIpc) is 2.21. The molecule has 0 unspecified atom stereocenters. The maximum absolute atomic E-state index is 6.03. The third-order valence-corrected chi connectivity index (χ3v) is 2.62. The second-order valence-corrected chi connectivity index (χ2v) is 4.35. The molecule has 5 nitrogen and oxygen atoms in total. The summed E-state index contributed by atoms with van der Waals surface area (Å²) in [7, 11) is 6.05. The van der Waals surface area contributed by atoms with Crippen molar-refractivity contribution in [3.8, 4) is 0 Å². The van der Waals surface area contributed by atoms with Gasteiger partial charge in [-0.05, 0) is 27.1 Å². The van der Waals surface area contributed by atoms with Crippen molar-refractivity contribution in [1.29, 1.82) is 0 Å². The summed E-state index contributed by atoms with van der Waals surface area (Å²) in [6.45, 7) is 1.91. The summed E-state index contributed by atoms with van der Waals surface area (Å²) >= 11 is 6.03. The number of hydrogen-bond donors (Lipinski definition) is 1. The number of rotatable bonds is 5. The van der Waals surface area contributed by atoms with Gasteiger partial charge in [-0.3, -0.25) is 0 Å². The monoisotopic (exact) mass is 243 g/mol. The van der Waals surface area contributed by atoms with Crippen molar-refractivity contribution in [1.82, 2.24) is 14.9 Å². The van der Waals surface area contributed by atoms with E-state index in [4.69, 9.17) is 17.3 Å². The van der Waals surface area contributed by atoms with Gasteiger partial charge in [0, 0.05) is 13.6 Å². The van der Waals surface area contributed by atoms with E-state index in [-0.39, 0.29) is 0 Å². The molecular weight excluding hydrogens is 226 g/mol. The standard InChI is InChI=1S/C10H18ClN5/c1-15(2)5-4-6-16(3)10-8(11)9(12)13-7-14-10/h7H,4-6H2,1-3H3,(H2,12,13,14). The molecule has 0 spiro atoms. The first-order valence-corrected chi connectivity index (χ1v) is 5.52. The van der Waals surface area contributed by atoms with Gasteiger partial charge in [0.2, 0.25) is 0 Å². The minimum Gasteiger partial charge on any atom is -0.382 e. The van der Waals surface area contributed by atoms with Crippen LogP contribution in [0.1, 0.15) is 6.42 Å². The fourth-order valence-electron chi connectivity index (χ4n) is 1.37. The van der Waals surface area contributed by atoms with E-state index in [0.29, 0.717) is 16.7 Å². The summed E-state index contributed by atoms with van der Waals surface area (Å²) in [6, 6.07) is 0. The number of nitrogens with two attached hydrogens (primary N) is 1. The van der Waals surface area contributed by atoms with Crippen LogP contribution < -0.4 is 10.6 Å². The van der Waals surface area contributed by atoms with Crippen molar-refractivity contribution in [3.63, 3.8) is 0 Å². The molecule has 16 heavy (non-hydrogen) atoms. The predicted molar refractivity (Wildman–Crippen MR) is 67.9 cm³/mol. The molecule has 0 aromatic carbocycles. The fraction of sp³-hybridized carbons (Fsp3) is 0.600. The van der Waals surface area contributed by atoms with Crippen LogP contribution in [0.2, 0.25) is 5.02 Å². The second-order valence-electron chi connectivity index (χ2n) is 3.97. The van der Waals surface area contributed by atoms with Crippen molar-refractivity contribution >= 4 is 23.2 Å². The number of halogens is 1. The number of nitrogen functional groups attached to an aromatic ring is 1. The maximum Gasteiger partial charge on any atom is 0.152 e. The molecule has 0 saturated heterocycles. The van der Waals surface area contributed by atoms with Gasteiger partial charge in [0.05, 0.1) is 0 Å². The zero-order valence-electron chi connectivity index (χ0n) is 9.94. The summed E-state index contributed by atoms with van der Waals surface area (Å²) in [5.41, 5.74) is 5.62. The molecule has 0 saturated carbocycles. The van der Waals surface area contributed by atoms with Crippen LogP contribution in [0.3, 0.4) is 0 Å². The van der Waals surface area contributed by atoms with E-state index in [9.17, 15) is 0 Å². The molecule has 2 N–H and O–H groups in total. The first-order valence-electron chi connectivity index (χ1n) is 5.14. The van der Waals surface area contributed by atoms with Crippen LogP contribution in [-0.4, -0.2) is 49.1 Å². The Balaban J connectivity index is 2.59. The molecule has 1 heterocycles. The summed E-state index contributed by atoms with van der Waals surface area (Å²) in [4.78, 5) is 12.1. The first kappa shape index (κ1) is 13.0. The molecule has 1 rings (SSSR count). The van der Waals surface area contributed by atoms with E-state index < -0.39 is 0 Å². The highest BCUT2D eigenvalue weighted by Gasteiger charge is 2.10. The van der Waals surface area contributed by atoms with E-state index in [2.05, 4.69) is 29.0 Å². The molecule has 0 amide bonds. The van der Waals surface area contributed by atoms with Gasteiger partial charge in [0.25, 0.3) is 0 Å².